The first-order chi connectivity index (χ1) is 28.9. The maximum Gasteiger partial charge on any atom is 0.407 e. The zero-order valence-electron chi connectivity index (χ0n) is 34.9. The molecule has 0 unspecified atom stereocenters. The number of methoxy groups -OCH3 is 2. The molecule has 2 aromatic carbocycles. The topological polar surface area (TPSA) is 186 Å². The van der Waals surface area contributed by atoms with Crippen LogP contribution in [0.2, 0.25) is 0 Å². The van der Waals surface area contributed by atoms with E-state index < -0.39 is 30.3 Å². The molecule has 5 aliphatic rings. The fourth-order valence-electron chi connectivity index (χ4n) is 8.76. The largest absolute Gasteiger partial charge is 0.457 e. The average molecular weight is 824 g/mol. The lowest BCUT2D eigenvalue weighted by molar-refractivity contribution is -0.144. The third kappa shape index (κ3) is 7.73. The van der Waals surface area contributed by atoms with Crippen LogP contribution in [-0.4, -0.2) is 121 Å². The van der Waals surface area contributed by atoms with Gasteiger partial charge in [0.15, 0.2) is 0 Å². The minimum Gasteiger partial charge on any atom is -0.457 e. The molecular formula is C44H53N7O9. The Balaban J connectivity index is 0.973. The molecule has 4 atom stereocenters. The van der Waals surface area contributed by atoms with Crippen LogP contribution >= 0.6 is 0 Å². The number of fused-ring (bicyclic) bond motifs is 4. The van der Waals surface area contributed by atoms with E-state index in [2.05, 4.69) is 39.9 Å². The molecule has 0 radical (unpaired) electrons. The Morgan fingerprint density at radius 3 is 2.03 bits per heavy atom. The molecule has 1 aliphatic carbocycles. The van der Waals surface area contributed by atoms with Crippen LogP contribution in [0.5, 0.6) is 11.5 Å². The SMILES string of the molecule is COC(=O)N[C@H](C(=O)N1CCOC[C@H]1C1=NC=C(c2ccc3c(c2)Oc2ccc(-c4cnc([C@@H]5COCCN5C(=O)[C@@H](NC(=O)OC)C(C)C)[nH]4)cc2C32CC2)C1)C(C)C. The van der Waals surface area contributed by atoms with E-state index in [0.29, 0.717) is 45.2 Å². The molecule has 8 rings (SSSR count). The van der Waals surface area contributed by atoms with Gasteiger partial charge < -0.3 is 49.1 Å². The fourth-order valence-corrected chi connectivity index (χ4v) is 8.76. The summed E-state index contributed by atoms with van der Waals surface area (Å²) in [4.78, 5) is 68.2. The maximum atomic E-state index is 13.8. The first-order valence-electron chi connectivity index (χ1n) is 20.7. The number of allylic oxidation sites excluding steroid dienone is 1. The first-order valence-corrected chi connectivity index (χ1v) is 20.7. The number of aromatic amines is 1. The molecule has 4 amide bonds. The average Bonchev–Trinajstić information content (AvgIpc) is 3.62. The van der Waals surface area contributed by atoms with Gasteiger partial charge in [0.1, 0.15) is 35.4 Å². The van der Waals surface area contributed by atoms with E-state index in [4.69, 9.17) is 33.7 Å². The first kappa shape index (κ1) is 41.0. The summed E-state index contributed by atoms with van der Waals surface area (Å²) in [5.74, 6) is 1.52. The van der Waals surface area contributed by atoms with E-state index in [9.17, 15) is 19.2 Å². The summed E-state index contributed by atoms with van der Waals surface area (Å²) < 4.78 is 27.9. The van der Waals surface area contributed by atoms with Crippen LogP contribution in [0.1, 0.15) is 75.5 Å². The number of ether oxygens (including phenoxy) is 5. The van der Waals surface area contributed by atoms with Gasteiger partial charge in [-0.05, 0) is 60.1 Å². The Bertz CT molecular complexity index is 2230. The molecule has 2 saturated heterocycles. The number of hydrogen-bond donors (Lipinski definition) is 3. The number of amides is 4. The maximum absolute atomic E-state index is 13.8. The van der Waals surface area contributed by atoms with Gasteiger partial charge in [0.05, 0.1) is 58.6 Å². The van der Waals surface area contributed by atoms with Crippen LogP contribution in [0.15, 0.2) is 53.8 Å². The lowest BCUT2D eigenvalue weighted by Crippen LogP contribution is -2.59. The predicted molar refractivity (Wildman–Crippen MR) is 221 cm³/mol. The summed E-state index contributed by atoms with van der Waals surface area (Å²) in [6.45, 7) is 9.69. The van der Waals surface area contributed by atoms with Crippen molar-refractivity contribution in [1.29, 1.82) is 0 Å². The number of aliphatic imine (C=N–C) groups is 1. The molecule has 3 N–H and O–H groups in total. The normalized spacial score (nSPS) is 21.3. The molecule has 1 saturated carbocycles. The van der Waals surface area contributed by atoms with Crippen LogP contribution in [-0.2, 0) is 34.0 Å². The van der Waals surface area contributed by atoms with Crippen molar-refractivity contribution in [3.05, 3.63) is 71.3 Å². The standard InChI is InChI=1S/C44H53N7O9/c1-24(2)37(48-42(54)56-5)40(52)50-13-15-58-22-33(50)31-18-28(20-45-31)26-7-9-29-36(19-26)60-35-10-8-27(17-30(35)44(29)11-12-44)32-21-46-39(47-32)34-23-59-16-14-51(34)41(53)38(25(3)4)49-43(55)57-6/h7-10,17,19-21,24-25,33-34,37-38H,11-16,18,22-23H2,1-6H3,(H,46,47)(H,48,54)(H,49,55)/t33-,34-,37-,38-/m0/s1. The molecular weight excluding hydrogens is 771 g/mol. The molecule has 4 aliphatic heterocycles. The van der Waals surface area contributed by atoms with Crippen molar-refractivity contribution in [2.45, 2.75) is 76.5 Å². The Hall–Kier alpha value is -5.74. The third-order valence-electron chi connectivity index (χ3n) is 12.3. The van der Waals surface area contributed by atoms with Crippen molar-refractivity contribution < 1.29 is 42.9 Å². The van der Waals surface area contributed by atoms with Gasteiger partial charge in [-0.15, -0.1) is 0 Å². The monoisotopic (exact) mass is 823 g/mol. The van der Waals surface area contributed by atoms with E-state index in [1.807, 2.05) is 46.0 Å². The Morgan fingerprint density at radius 2 is 1.42 bits per heavy atom. The Labute approximate surface area is 349 Å². The smallest absolute Gasteiger partial charge is 0.407 e. The number of imidazole rings is 1. The number of benzene rings is 2. The number of carbonyl (C=O) groups excluding carboxylic acids is 4. The van der Waals surface area contributed by atoms with E-state index in [1.54, 1.807) is 16.0 Å². The third-order valence-corrected chi connectivity index (χ3v) is 12.3. The van der Waals surface area contributed by atoms with Crippen LogP contribution in [0, 0.1) is 11.8 Å². The van der Waals surface area contributed by atoms with Crippen molar-refractivity contribution in [2.75, 3.05) is 53.7 Å². The van der Waals surface area contributed by atoms with Gasteiger partial charge in [-0.25, -0.2) is 14.6 Å². The second-order valence-corrected chi connectivity index (χ2v) is 16.7. The minimum atomic E-state index is -0.760. The lowest BCUT2D eigenvalue weighted by atomic mass is 9.83. The Kier molecular flexibility index (Phi) is 11.4. The number of carbonyl (C=O) groups is 4. The molecule has 60 heavy (non-hydrogen) atoms. The van der Waals surface area contributed by atoms with E-state index >= 15 is 0 Å². The molecule has 3 fully saturated rings. The van der Waals surface area contributed by atoms with Crippen molar-refractivity contribution in [2.24, 2.45) is 16.8 Å². The minimum absolute atomic E-state index is 0.144. The van der Waals surface area contributed by atoms with Crippen LogP contribution in [0.4, 0.5) is 9.59 Å². The highest BCUT2D eigenvalue weighted by molar-refractivity contribution is 6.04. The van der Waals surface area contributed by atoms with Gasteiger partial charge in [0.2, 0.25) is 11.8 Å². The van der Waals surface area contributed by atoms with E-state index in [1.165, 1.54) is 14.2 Å². The van der Waals surface area contributed by atoms with Gasteiger partial charge in [-0.2, -0.15) is 0 Å². The summed E-state index contributed by atoms with van der Waals surface area (Å²) >= 11 is 0. The van der Waals surface area contributed by atoms with Crippen LogP contribution in [0.3, 0.4) is 0 Å². The summed E-state index contributed by atoms with van der Waals surface area (Å²) in [7, 11) is 2.56. The zero-order chi connectivity index (χ0) is 42.3. The number of alkyl carbamates (subject to hydrolysis) is 2. The highest BCUT2D eigenvalue weighted by Crippen LogP contribution is 2.62. The summed E-state index contributed by atoms with van der Waals surface area (Å²) in [6, 6.07) is 10.3. The lowest BCUT2D eigenvalue weighted by Gasteiger charge is -2.38. The van der Waals surface area contributed by atoms with Crippen molar-refractivity contribution in [1.82, 2.24) is 30.4 Å². The number of rotatable bonds is 10. The molecule has 0 bridgehead atoms. The number of H-pyrrole nitrogens is 1. The predicted octanol–water partition coefficient (Wildman–Crippen LogP) is 5.34. The number of morpholine rings is 2. The fraction of sp³-hybridized carbons (Fsp3) is 0.500. The highest BCUT2D eigenvalue weighted by Gasteiger charge is 2.52. The molecule has 1 spiro atoms. The van der Waals surface area contributed by atoms with E-state index in [-0.39, 0.29) is 41.7 Å². The molecule has 5 heterocycles. The summed E-state index contributed by atoms with van der Waals surface area (Å²) in [5.41, 5.74) is 6.70. The van der Waals surface area contributed by atoms with Crippen molar-refractivity contribution in [3.8, 4) is 22.8 Å². The zero-order valence-corrected chi connectivity index (χ0v) is 34.9. The summed E-state index contributed by atoms with van der Waals surface area (Å²) in [6.07, 6.45) is 4.88. The van der Waals surface area contributed by atoms with E-state index in [0.717, 1.165) is 63.6 Å². The Morgan fingerprint density at radius 1 is 0.800 bits per heavy atom. The van der Waals surface area contributed by atoms with Crippen LogP contribution < -0.4 is 15.4 Å². The van der Waals surface area contributed by atoms with Crippen molar-refractivity contribution >= 4 is 35.3 Å². The summed E-state index contributed by atoms with van der Waals surface area (Å²) in [5, 5.41) is 5.40. The van der Waals surface area contributed by atoms with Gasteiger partial charge in [0, 0.05) is 53.5 Å². The van der Waals surface area contributed by atoms with Gasteiger partial charge >= 0.3 is 12.2 Å². The quantitative estimate of drug-likeness (QED) is 0.241. The van der Waals surface area contributed by atoms with Crippen LogP contribution in [0.25, 0.3) is 16.8 Å². The second kappa shape index (κ2) is 16.7. The number of aromatic nitrogens is 2. The van der Waals surface area contributed by atoms with Gasteiger partial charge in [-0.3, -0.25) is 14.6 Å². The molecule has 16 heteroatoms. The number of nitrogens with one attached hydrogen (secondary N) is 3. The highest BCUT2D eigenvalue weighted by atomic mass is 16.5. The van der Waals surface area contributed by atoms with Crippen molar-refractivity contribution in [3.63, 3.8) is 0 Å². The number of nitrogens with zero attached hydrogens (tertiary/aromatic N) is 4. The molecule has 3 aromatic rings. The van der Waals surface area contributed by atoms with Gasteiger partial charge in [-0.1, -0.05) is 39.8 Å². The number of hydrogen-bond acceptors (Lipinski definition) is 11. The molecule has 1 aromatic heterocycles. The second-order valence-electron chi connectivity index (χ2n) is 16.7. The van der Waals surface area contributed by atoms with Gasteiger partial charge in [0.25, 0.3) is 0 Å². The molecule has 16 nitrogen and oxygen atoms in total. The molecule has 318 valence electrons.